The summed E-state index contributed by atoms with van der Waals surface area (Å²) in [5.74, 6) is -0.250. The Morgan fingerprint density at radius 1 is 0.737 bits per heavy atom. The second-order valence-corrected chi connectivity index (χ2v) is 10.3. The van der Waals surface area contributed by atoms with Gasteiger partial charge < -0.3 is 14.2 Å². The second kappa shape index (κ2) is 14.7. The highest BCUT2D eigenvalue weighted by atomic mass is 16.5. The lowest BCUT2D eigenvalue weighted by molar-refractivity contribution is -0.148. The molecule has 0 aliphatic rings. The maximum Gasteiger partial charge on any atom is 0.307 e. The van der Waals surface area contributed by atoms with E-state index in [0.29, 0.717) is 12.8 Å². The van der Waals surface area contributed by atoms with Gasteiger partial charge in [0.25, 0.3) is 0 Å². The number of hydrogen-bond donors (Lipinski definition) is 0. The topological polar surface area (TPSA) is 44.8 Å². The molecule has 3 aromatic carbocycles. The van der Waals surface area contributed by atoms with Crippen molar-refractivity contribution in [3.8, 4) is 0 Å². The maximum absolute atomic E-state index is 13.1. The van der Waals surface area contributed by atoms with Crippen LogP contribution in [0.1, 0.15) is 75.9 Å². The first kappa shape index (κ1) is 29.3. The molecule has 0 amide bonds. The van der Waals surface area contributed by atoms with E-state index in [1.807, 2.05) is 72.8 Å². The highest BCUT2D eigenvalue weighted by Crippen LogP contribution is 2.39. The molecular formula is C34H42O4. The van der Waals surface area contributed by atoms with Crippen molar-refractivity contribution in [3.63, 3.8) is 0 Å². The lowest BCUT2D eigenvalue weighted by Gasteiger charge is -2.36. The van der Waals surface area contributed by atoms with Gasteiger partial charge in [-0.3, -0.25) is 4.79 Å². The standard InChI is InChI=1S/C34H42O4/c1-6-34(24-33(35)36-25-30-16-10-7-11-17-30,22-26(2)37-28(4)31-18-12-8-13-19-31)23-27(3)38-29(5)32-20-14-9-15-21-32/h6-21,26-29H,1,22-25H2,2-5H3. The van der Waals surface area contributed by atoms with Crippen LogP contribution in [0.5, 0.6) is 0 Å². The zero-order valence-electron chi connectivity index (χ0n) is 23.2. The van der Waals surface area contributed by atoms with Gasteiger partial charge in [-0.25, -0.2) is 0 Å². The van der Waals surface area contributed by atoms with Gasteiger partial charge in [-0.15, -0.1) is 6.58 Å². The minimum atomic E-state index is -0.542. The summed E-state index contributed by atoms with van der Waals surface area (Å²) in [6.07, 6.45) is 3.02. The molecule has 0 aliphatic heterocycles. The van der Waals surface area contributed by atoms with Crippen molar-refractivity contribution in [2.45, 2.75) is 78.0 Å². The van der Waals surface area contributed by atoms with Crippen molar-refractivity contribution in [2.75, 3.05) is 0 Å². The van der Waals surface area contributed by atoms with Crippen LogP contribution in [0, 0.1) is 5.41 Å². The van der Waals surface area contributed by atoms with Crippen molar-refractivity contribution in [2.24, 2.45) is 5.41 Å². The van der Waals surface area contributed by atoms with E-state index in [4.69, 9.17) is 14.2 Å². The largest absolute Gasteiger partial charge is 0.461 e. The monoisotopic (exact) mass is 514 g/mol. The number of rotatable bonds is 15. The van der Waals surface area contributed by atoms with E-state index in [0.717, 1.165) is 16.7 Å². The minimum Gasteiger partial charge on any atom is -0.461 e. The molecule has 0 aliphatic carbocycles. The van der Waals surface area contributed by atoms with Crippen LogP contribution in [-0.2, 0) is 25.6 Å². The number of esters is 1. The predicted molar refractivity (Wildman–Crippen MR) is 154 cm³/mol. The molecule has 4 heteroatoms. The van der Waals surface area contributed by atoms with Crippen LogP contribution in [-0.4, -0.2) is 18.2 Å². The number of hydrogen-bond acceptors (Lipinski definition) is 4. The van der Waals surface area contributed by atoms with Gasteiger partial charge in [-0.2, -0.15) is 0 Å². The molecule has 0 spiro atoms. The molecule has 4 atom stereocenters. The SMILES string of the molecule is C=CC(CC(=O)OCc1ccccc1)(CC(C)OC(C)c1ccccc1)CC(C)OC(C)c1ccccc1. The quantitative estimate of drug-likeness (QED) is 0.151. The summed E-state index contributed by atoms with van der Waals surface area (Å²) in [6, 6.07) is 30.1. The first-order valence-corrected chi connectivity index (χ1v) is 13.5. The first-order valence-electron chi connectivity index (χ1n) is 13.5. The normalized spacial score (nSPS) is 16.0. The second-order valence-electron chi connectivity index (χ2n) is 10.3. The van der Waals surface area contributed by atoms with Gasteiger partial charge in [0.05, 0.1) is 30.8 Å². The Hall–Kier alpha value is -3.21. The summed E-state index contributed by atoms with van der Waals surface area (Å²) >= 11 is 0. The Kier molecular flexibility index (Phi) is 11.3. The Balaban J connectivity index is 1.71. The van der Waals surface area contributed by atoms with E-state index >= 15 is 0 Å². The van der Waals surface area contributed by atoms with Crippen LogP contribution >= 0.6 is 0 Å². The first-order chi connectivity index (χ1) is 18.3. The van der Waals surface area contributed by atoms with E-state index in [1.165, 1.54) is 0 Å². The number of benzene rings is 3. The lowest BCUT2D eigenvalue weighted by atomic mass is 9.75. The third-order valence-corrected chi connectivity index (χ3v) is 6.97. The van der Waals surface area contributed by atoms with Gasteiger partial charge in [0.15, 0.2) is 0 Å². The van der Waals surface area contributed by atoms with Crippen LogP contribution < -0.4 is 0 Å². The average Bonchev–Trinajstić information content (AvgIpc) is 2.93. The van der Waals surface area contributed by atoms with Gasteiger partial charge in [0.2, 0.25) is 0 Å². The number of allylic oxidation sites excluding steroid dienone is 1. The van der Waals surface area contributed by atoms with Crippen LogP contribution in [0.4, 0.5) is 0 Å². The molecule has 0 aromatic heterocycles. The highest BCUT2D eigenvalue weighted by Gasteiger charge is 2.35. The van der Waals surface area contributed by atoms with Crippen molar-refractivity contribution in [1.82, 2.24) is 0 Å². The van der Waals surface area contributed by atoms with Crippen LogP contribution in [0.3, 0.4) is 0 Å². The molecule has 0 N–H and O–H groups in total. The Labute approximate surface area is 228 Å². The predicted octanol–water partition coefficient (Wildman–Crippen LogP) is 8.41. The summed E-state index contributed by atoms with van der Waals surface area (Å²) in [7, 11) is 0. The average molecular weight is 515 g/mol. The Morgan fingerprint density at radius 3 is 1.58 bits per heavy atom. The molecule has 0 radical (unpaired) electrons. The van der Waals surface area contributed by atoms with Crippen molar-refractivity contribution < 1.29 is 19.0 Å². The number of carbonyl (C=O) groups is 1. The maximum atomic E-state index is 13.1. The van der Waals surface area contributed by atoms with Gasteiger partial charge in [0.1, 0.15) is 6.61 Å². The number of ether oxygens (including phenoxy) is 3. The summed E-state index contributed by atoms with van der Waals surface area (Å²) in [6.45, 7) is 12.7. The molecule has 3 rings (SSSR count). The van der Waals surface area contributed by atoms with Crippen LogP contribution in [0.25, 0.3) is 0 Å². The van der Waals surface area contributed by atoms with E-state index in [2.05, 4.69) is 58.5 Å². The molecule has 0 saturated carbocycles. The zero-order chi connectivity index (χ0) is 27.4. The third kappa shape index (κ3) is 9.27. The zero-order valence-corrected chi connectivity index (χ0v) is 23.2. The molecule has 202 valence electrons. The van der Waals surface area contributed by atoms with E-state index in [9.17, 15) is 4.79 Å². The summed E-state index contributed by atoms with van der Waals surface area (Å²) in [4.78, 5) is 13.1. The van der Waals surface area contributed by atoms with Crippen molar-refractivity contribution in [3.05, 3.63) is 120 Å². The summed E-state index contributed by atoms with van der Waals surface area (Å²) in [5.41, 5.74) is 2.67. The summed E-state index contributed by atoms with van der Waals surface area (Å²) < 4.78 is 18.5. The third-order valence-electron chi connectivity index (χ3n) is 6.97. The molecular weight excluding hydrogens is 472 g/mol. The van der Waals surface area contributed by atoms with Crippen molar-refractivity contribution in [1.29, 1.82) is 0 Å². The van der Waals surface area contributed by atoms with Gasteiger partial charge in [0, 0.05) is 5.41 Å². The van der Waals surface area contributed by atoms with E-state index in [1.54, 1.807) is 0 Å². The molecule has 4 nitrogen and oxygen atoms in total. The fraction of sp³-hybridized carbons (Fsp3) is 0.382. The van der Waals surface area contributed by atoms with Crippen molar-refractivity contribution >= 4 is 5.97 Å². The fourth-order valence-electron chi connectivity index (χ4n) is 5.09. The van der Waals surface area contributed by atoms with Gasteiger partial charge >= 0.3 is 5.97 Å². The Morgan fingerprint density at radius 2 is 1.16 bits per heavy atom. The molecule has 0 fully saturated rings. The lowest BCUT2D eigenvalue weighted by Crippen LogP contribution is -2.33. The fourth-order valence-corrected chi connectivity index (χ4v) is 5.09. The van der Waals surface area contributed by atoms with Gasteiger partial charge in [-0.1, -0.05) is 97.1 Å². The number of carbonyl (C=O) groups excluding carboxylic acids is 1. The highest BCUT2D eigenvalue weighted by molar-refractivity contribution is 5.70. The Bertz CT molecular complexity index is 1040. The molecule has 0 bridgehead atoms. The molecule has 38 heavy (non-hydrogen) atoms. The van der Waals surface area contributed by atoms with E-state index in [-0.39, 0.29) is 43.4 Å². The molecule has 0 heterocycles. The molecule has 0 saturated heterocycles. The summed E-state index contributed by atoms with van der Waals surface area (Å²) in [5, 5.41) is 0. The molecule has 3 aromatic rings. The minimum absolute atomic E-state index is 0.0643. The van der Waals surface area contributed by atoms with Crippen LogP contribution in [0.2, 0.25) is 0 Å². The van der Waals surface area contributed by atoms with Gasteiger partial charge in [-0.05, 0) is 57.2 Å². The van der Waals surface area contributed by atoms with Crippen LogP contribution in [0.15, 0.2) is 104 Å². The molecule has 4 unspecified atom stereocenters. The van der Waals surface area contributed by atoms with E-state index < -0.39 is 5.41 Å². The smallest absolute Gasteiger partial charge is 0.307 e.